The minimum atomic E-state index is -3.29. The molecule has 1 N–H and O–H groups in total. The van der Waals surface area contributed by atoms with Gasteiger partial charge in [0, 0.05) is 11.3 Å². The zero-order valence-corrected chi connectivity index (χ0v) is 14.4. The smallest absolute Gasteiger partial charge is 0.229 e. The van der Waals surface area contributed by atoms with E-state index < -0.39 is 10.0 Å². The lowest BCUT2D eigenvalue weighted by molar-refractivity contribution is 0.0851. The fraction of sp³-hybridized carbons (Fsp3) is 0.500. The molecule has 0 aromatic heterocycles. The van der Waals surface area contributed by atoms with Gasteiger partial charge in [-0.15, -0.1) is 12.4 Å². The molecule has 0 bridgehead atoms. The molecule has 0 amide bonds. The standard InChI is InChI=1S/C14H22N2O3S.ClH/c1-5-16(6-2)11(3)14(17)12-7-9-13(10-8-12)15-20(4,18)19;/h7-11,15H,5-6H2,1-4H3;1H/t11-;/m0./s1. The van der Waals surface area contributed by atoms with Gasteiger partial charge in [0.05, 0.1) is 12.3 Å². The normalized spacial score (nSPS) is 12.6. The third-order valence-electron chi connectivity index (χ3n) is 3.21. The molecule has 0 aliphatic rings. The van der Waals surface area contributed by atoms with Crippen molar-refractivity contribution in [2.75, 3.05) is 24.1 Å². The topological polar surface area (TPSA) is 66.5 Å². The number of hydrogen-bond donors (Lipinski definition) is 1. The average Bonchev–Trinajstić information content (AvgIpc) is 2.38. The van der Waals surface area contributed by atoms with Gasteiger partial charge in [0.2, 0.25) is 10.0 Å². The summed E-state index contributed by atoms with van der Waals surface area (Å²) < 4.78 is 24.6. The lowest BCUT2D eigenvalue weighted by Crippen LogP contribution is -2.38. The highest BCUT2D eigenvalue weighted by molar-refractivity contribution is 7.92. The van der Waals surface area contributed by atoms with Crippen molar-refractivity contribution in [3.05, 3.63) is 29.8 Å². The van der Waals surface area contributed by atoms with Gasteiger partial charge in [-0.2, -0.15) is 0 Å². The van der Waals surface area contributed by atoms with E-state index in [-0.39, 0.29) is 24.2 Å². The van der Waals surface area contributed by atoms with Crippen molar-refractivity contribution in [2.45, 2.75) is 26.8 Å². The Balaban J connectivity index is 0.00000400. The minimum absolute atomic E-state index is 0. The van der Waals surface area contributed by atoms with E-state index in [4.69, 9.17) is 0 Å². The first-order valence-electron chi connectivity index (χ1n) is 6.64. The van der Waals surface area contributed by atoms with Crippen LogP contribution in [-0.2, 0) is 10.0 Å². The number of hydrogen-bond acceptors (Lipinski definition) is 4. The monoisotopic (exact) mass is 334 g/mol. The Labute approximate surface area is 133 Å². The van der Waals surface area contributed by atoms with Crippen molar-refractivity contribution in [1.82, 2.24) is 4.90 Å². The molecule has 120 valence electrons. The number of carbonyl (C=O) groups is 1. The highest BCUT2D eigenvalue weighted by atomic mass is 35.5. The Kier molecular flexibility index (Phi) is 7.92. The number of anilines is 1. The van der Waals surface area contributed by atoms with Crippen molar-refractivity contribution >= 4 is 33.9 Å². The molecule has 1 aromatic carbocycles. The number of likely N-dealkylation sites (N-methyl/N-ethyl adjacent to an activating group) is 1. The molecule has 1 aromatic rings. The van der Waals surface area contributed by atoms with Crippen LogP contribution in [0.1, 0.15) is 31.1 Å². The molecule has 0 radical (unpaired) electrons. The number of nitrogens with zero attached hydrogens (tertiary/aromatic N) is 1. The van der Waals surface area contributed by atoms with Gasteiger partial charge in [-0.25, -0.2) is 8.42 Å². The van der Waals surface area contributed by atoms with Gasteiger partial charge in [-0.3, -0.25) is 14.4 Å². The van der Waals surface area contributed by atoms with Gasteiger partial charge in [0.15, 0.2) is 5.78 Å². The van der Waals surface area contributed by atoms with Crippen molar-refractivity contribution in [2.24, 2.45) is 0 Å². The van der Waals surface area contributed by atoms with Crippen LogP contribution < -0.4 is 4.72 Å². The molecule has 7 heteroatoms. The average molecular weight is 335 g/mol. The van der Waals surface area contributed by atoms with Crippen molar-refractivity contribution in [3.63, 3.8) is 0 Å². The van der Waals surface area contributed by atoms with Gasteiger partial charge in [0.1, 0.15) is 0 Å². The van der Waals surface area contributed by atoms with Crippen molar-refractivity contribution in [1.29, 1.82) is 0 Å². The molecule has 5 nitrogen and oxygen atoms in total. The molecule has 0 aliphatic heterocycles. The van der Waals surface area contributed by atoms with Gasteiger partial charge in [0.25, 0.3) is 0 Å². The zero-order valence-electron chi connectivity index (χ0n) is 12.8. The van der Waals surface area contributed by atoms with Crippen LogP contribution in [-0.4, -0.2) is 44.5 Å². The minimum Gasteiger partial charge on any atom is -0.294 e. The number of sulfonamides is 1. The number of ketones is 1. The molecule has 0 fully saturated rings. The number of carbonyl (C=O) groups excluding carboxylic acids is 1. The summed E-state index contributed by atoms with van der Waals surface area (Å²) in [5, 5.41) is 0. The van der Waals surface area contributed by atoms with Gasteiger partial charge in [-0.05, 0) is 44.3 Å². The highest BCUT2D eigenvalue weighted by Gasteiger charge is 2.20. The number of nitrogens with one attached hydrogen (secondary N) is 1. The van der Waals surface area contributed by atoms with Crippen molar-refractivity contribution in [3.8, 4) is 0 Å². The second-order valence-electron chi connectivity index (χ2n) is 4.71. The largest absolute Gasteiger partial charge is 0.294 e. The van der Waals surface area contributed by atoms with Crippen LogP contribution in [0.3, 0.4) is 0 Å². The molecule has 0 saturated heterocycles. The predicted molar refractivity (Wildman–Crippen MR) is 88.9 cm³/mol. The summed E-state index contributed by atoms with van der Waals surface area (Å²) in [5.41, 5.74) is 1.04. The third kappa shape index (κ3) is 6.03. The summed E-state index contributed by atoms with van der Waals surface area (Å²) in [7, 11) is -3.29. The lowest BCUT2D eigenvalue weighted by Gasteiger charge is -2.25. The molecule has 0 saturated carbocycles. The Bertz CT molecular complexity index is 554. The summed E-state index contributed by atoms with van der Waals surface area (Å²) >= 11 is 0. The number of Topliss-reactive ketones (excluding diaryl/α,β-unsaturated/α-hetero) is 1. The summed E-state index contributed by atoms with van der Waals surface area (Å²) in [5.74, 6) is 0.0413. The van der Waals surface area contributed by atoms with Crippen LogP contribution >= 0.6 is 12.4 Å². The Morgan fingerprint density at radius 3 is 2.05 bits per heavy atom. The lowest BCUT2D eigenvalue weighted by atomic mass is 10.0. The SMILES string of the molecule is CCN(CC)[C@@H](C)C(=O)c1ccc(NS(C)(=O)=O)cc1.Cl. The number of benzene rings is 1. The maximum absolute atomic E-state index is 12.3. The van der Waals surface area contributed by atoms with Crippen LogP contribution in [0, 0.1) is 0 Å². The Hall–Kier alpha value is -1.11. The summed E-state index contributed by atoms with van der Waals surface area (Å²) in [6, 6.07) is 6.32. The third-order valence-corrected chi connectivity index (χ3v) is 3.82. The Morgan fingerprint density at radius 2 is 1.67 bits per heavy atom. The number of rotatable bonds is 7. The van der Waals surface area contributed by atoms with Crippen molar-refractivity contribution < 1.29 is 13.2 Å². The van der Waals surface area contributed by atoms with Crippen LogP contribution in [0.25, 0.3) is 0 Å². The maximum Gasteiger partial charge on any atom is 0.229 e. The molecule has 0 unspecified atom stereocenters. The van der Waals surface area contributed by atoms with E-state index in [1.54, 1.807) is 24.3 Å². The van der Waals surface area contributed by atoms with E-state index in [9.17, 15) is 13.2 Å². The Morgan fingerprint density at radius 1 is 1.19 bits per heavy atom. The van der Waals surface area contributed by atoms with E-state index in [1.165, 1.54) is 0 Å². The maximum atomic E-state index is 12.3. The second kappa shape index (κ2) is 8.36. The van der Waals surface area contributed by atoms with E-state index >= 15 is 0 Å². The van der Waals surface area contributed by atoms with Crippen LogP contribution in [0.2, 0.25) is 0 Å². The summed E-state index contributed by atoms with van der Waals surface area (Å²) in [6.45, 7) is 7.56. The van der Waals surface area contributed by atoms with E-state index in [0.29, 0.717) is 11.3 Å². The summed E-state index contributed by atoms with van der Waals surface area (Å²) in [4.78, 5) is 14.4. The molecule has 1 rings (SSSR count). The predicted octanol–water partition coefficient (Wildman–Crippen LogP) is 2.39. The fourth-order valence-corrected chi connectivity index (χ4v) is 2.66. The first kappa shape index (κ1) is 19.9. The molecule has 21 heavy (non-hydrogen) atoms. The first-order chi connectivity index (χ1) is 9.28. The van der Waals surface area contributed by atoms with E-state index in [1.807, 2.05) is 20.8 Å². The molecule has 1 atom stereocenters. The molecule has 0 heterocycles. The highest BCUT2D eigenvalue weighted by Crippen LogP contribution is 2.14. The van der Waals surface area contributed by atoms with Crippen LogP contribution in [0.5, 0.6) is 0 Å². The van der Waals surface area contributed by atoms with E-state index in [0.717, 1.165) is 19.3 Å². The molecule has 0 aliphatic carbocycles. The van der Waals surface area contributed by atoms with E-state index in [2.05, 4.69) is 9.62 Å². The zero-order chi connectivity index (χ0) is 15.3. The molecular formula is C14H23ClN2O3S. The quantitative estimate of drug-likeness (QED) is 0.777. The molecule has 0 spiro atoms. The summed E-state index contributed by atoms with van der Waals surface area (Å²) in [6.07, 6.45) is 1.09. The second-order valence-corrected chi connectivity index (χ2v) is 6.46. The fourth-order valence-electron chi connectivity index (χ4n) is 2.09. The van der Waals surface area contributed by atoms with Crippen LogP contribution in [0.4, 0.5) is 5.69 Å². The molecular weight excluding hydrogens is 312 g/mol. The van der Waals surface area contributed by atoms with Gasteiger partial charge in [-0.1, -0.05) is 13.8 Å². The first-order valence-corrected chi connectivity index (χ1v) is 8.53. The van der Waals surface area contributed by atoms with Gasteiger partial charge < -0.3 is 0 Å². The van der Waals surface area contributed by atoms with Crippen LogP contribution in [0.15, 0.2) is 24.3 Å². The van der Waals surface area contributed by atoms with Gasteiger partial charge >= 0.3 is 0 Å². The number of halogens is 1.